The van der Waals surface area contributed by atoms with Crippen LogP contribution in [0.15, 0.2) is 374 Å². The number of hydrogen-bond acceptors (Lipinski definition) is 4. The summed E-state index contributed by atoms with van der Waals surface area (Å²) in [7, 11) is 13.4. The maximum Gasteiger partial charge on any atom is 2.00 e. The van der Waals surface area contributed by atoms with Crippen LogP contribution in [-0.2, 0) is 70.5 Å². The molecule has 18 rings (SSSR count). The van der Waals surface area contributed by atoms with Gasteiger partial charge in [-0.25, -0.2) is 0 Å². The molecule has 6 aliphatic rings. The van der Waals surface area contributed by atoms with Crippen molar-refractivity contribution in [1.82, 2.24) is 9.80 Å². The van der Waals surface area contributed by atoms with Crippen LogP contribution in [0.3, 0.4) is 0 Å². The van der Waals surface area contributed by atoms with Gasteiger partial charge < -0.3 is 22.6 Å². The van der Waals surface area contributed by atoms with Gasteiger partial charge in [0.05, 0.1) is 35.8 Å². The Labute approximate surface area is 719 Å². The molecule has 12 aromatic rings. The molecule has 12 aromatic carbocycles. The van der Waals surface area contributed by atoms with Gasteiger partial charge in [0.1, 0.15) is 0 Å². The molecule has 2 aliphatic heterocycles. The molecule has 10 heteroatoms. The van der Waals surface area contributed by atoms with Gasteiger partial charge in [-0.2, -0.15) is 12.8 Å². The van der Waals surface area contributed by atoms with Gasteiger partial charge in [-0.05, 0) is 140 Å². The number of hydrogen-bond donors (Lipinski definition) is 0. The van der Waals surface area contributed by atoms with Crippen molar-refractivity contribution in [2.24, 2.45) is 21.8 Å². The van der Waals surface area contributed by atoms with Crippen LogP contribution in [0, 0.1) is 24.7 Å². The zero-order valence-electron chi connectivity index (χ0n) is 64.2. The van der Waals surface area contributed by atoms with E-state index in [9.17, 15) is 0 Å². The summed E-state index contributed by atoms with van der Waals surface area (Å²) in [5.74, 6) is 7.36. The standard InChI is InChI=1S/2C35H30.2C16H21N2.2ClH.2Fe.2Pd/c2*1-6-16-26(17-7-1)31-32(27-18-8-2-9-19-27)34(29-22-12-4-13-23-29)35(30-24-14-5-15-25-30)33(31)28-20-10-3-11-21-28;2*1-12-15(13-8-4-3-5-9-13)17-16(18(12)2)14-10-6-7-11-14;;;;;;/h2*1-25,31-35H;2*3-5,8-10,12,14-15H,6-7,11H2,1-2H3;2*1H;;;;/q;;2*-1;;;4*+2/p-2/t;;2*12-,14?,15-;;;;;;/m..00....../s1. The topological polar surface area (TPSA) is 31.2 Å². The first kappa shape index (κ1) is 85.4. The van der Waals surface area contributed by atoms with Gasteiger partial charge in [0.2, 0.25) is 0 Å². The van der Waals surface area contributed by atoms with E-state index in [0.717, 1.165) is 0 Å². The molecular formula is C102H102Cl2Fe2N4Pd2+4. The normalized spacial score (nSPS) is 25.2. The average molecular weight is 1780 g/mol. The van der Waals surface area contributed by atoms with Crippen LogP contribution in [0.2, 0.25) is 0 Å². The summed E-state index contributed by atoms with van der Waals surface area (Å²) in [6.07, 6.45) is 12.6. The van der Waals surface area contributed by atoms with Gasteiger partial charge in [-0.3, -0.25) is 9.98 Å². The van der Waals surface area contributed by atoms with E-state index >= 15 is 0 Å². The summed E-state index contributed by atoms with van der Waals surface area (Å²) in [6.45, 7) is 4.56. The molecule has 0 N–H and O–H groups in total. The van der Waals surface area contributed by atoms with Crippen molar-refractivity contribution in [2.75, 3.05) is 14.1 Å². The predicted octanol–water partition coefficient (Wildman–Crippen LogP) is 26.1. The molecule has 4 aliphatic carbocycles. The molecule has 576 valence electrons. The fraction of sp³-hybridized carbons (Fsp3) is 0.255. The minimum atomic E-state index is 0. The molecule has 2 heterocycles. The summed E-state index contributed by atoms with van der Waals surface area (Å²) in [5.41, 5.74) is 16.9. The fourth-order valence-corrected chi connectivity index (χ4v) is 19.4. The van der Waals surface area contributed by atoms with Crippen LogP contribution < -0.4 is 0 Å². The van der Waals surface area contributed by atoms with E-state index in [1.54, 1.807) is 0 Å². The first-order valence-corrected chi connectivity index (χ1v) is 43.5. The van der Waals surface area contributed by atoms with E-state index in [0.29, 0.717) is 95.2 Å². The summed E-state index contributed by atoms with van der Waals surface area (Å²) >= 11 is 4.44. The van der Waals surface area contributed by atoms with Gasteiger partial charge in [-0.1, -0.05) is 390 Å². The molecule has 0 radical (unpaired) electrons. The SMILES string of the molecule is C[C@H]1[C@@H](c2ccccc2)N=C(C2[CH-]CCC2)N1C.C[C@H]1[C@@H](c2ccccc2)N=C(C2[CH-]CCC2)N1C.[Cl][Pd+].[Cl][Pd+].[Fe+2].[Fe+2].c1ccc(C2C(c3ccccc3)C(c3ccccc3)C(c3ccccc3)C2c2ccccc2)cc1.c1ccc(C2C(c3ccccc3)C(c3ccccc3)C(c3ccccc3)C2c2ccccc2)cc1. The molecule has 2 unspecified atom stereocenters. The van der Waals surface area contributed by atoms with Gasteiger partial charge in [0, 0.05) is 14.1 Å². The Bertz CT molecular complexity index is 3870. The maximum absolute atomic E-state index is 5.01. The molecule has 0 bridgehead atoms. The van der Waals surface area contributed by atoms with Gasteiger partial charge in [0.15, 0.2) is 0 Å². The number of halogens is 2. The number of benzene rings is 12. The Morgan fingerprint density at radius 1 is 0.250 bits per heavy atom. The zero-order valence-corrected chi connectivity index (χ0v) is 71.0. The van der Waals surface area contributed by atoms with E-state index in [2.05, 4.69) is 470 Å². The van der Waals surface area contributed by atoms with Crippen molar-refractivity contribution < 1.29 is 70.5 Å². The molecule has 4 nitrogen and oxygen atoms in total. The number of nitrogens with zero attached hydrogens (tertiary/aromatic N) is 4. The Kier molecular flexibility index (Phi) is 33.0. The molecule has 0 aromatic heterocycles. The first-order chi connectivity index (χ1) is 54.4. The summed E-state index contributed by atoms with van der Waals surface area (Å²) < 4.78 is 0. The van der Waals surface area contributed by atoms with Crippen LogP contribution in [0.5, 0.6) is 0 Å². The van der Waals surface area contributed by atoms with Crippen LogP contribution in [-0.4, -0.2) is 47.7 Å². The molecular weight excluding hydrogens is 1680 g/mol. The van der Waals surface area contributed by atoms with Crippen molar-refractivity contribution >= 4 is 30.7 Å². The Morgan fingerprint density at radius 2 is 0.393 bits per heavy atom. The van der Waals surface area contributed by atoms with E-state index in [-0.39, 0.29) is 34.1 Å². The van der Waals surface area contributed by atoms with Gasteiger partial charge >= 0.3 is 89.6 Å². The smallest absolute Gasteiger partial charge is 0.0622 e. The molecule has 0 spiro atoms. The van der Waals surface area contributed by atoms with Gasteiger partial charge in [-0.15, -0.1) is 11.8 Å². The van der Waals surface area contributed by atoms with Crippen LogP contribution in [0.1, 0.15) is 190 Å². The molecule has 6 atom stereocenters. The third-order valence-corrected chi connectivity index (χ3v) is 24.4. The van der Waals surface area contributed by atoms with E-state index < -0.39 is 0 Å². The summed E-state index contributed by atoms with van der Waals surface area (Å²) in [4.78, 5) is 14.8. The quantitative estimate of drug-likeness (QED) is 0.0803. The second-order valence-corrected chi connectivity index (χ2v) is 30.3. The van der Waals surface area contributed by atoms with Crippen molar-refractivity contribution in [2.45, 2.75) is 136 Å². The third kappa shape index (κ3) is 19.9. The molecule has 4 saturated carbocycles. The third-order valence-electron chi connectivity index (χ3n) is 24.4. The molecule has 0 amide bonds. The Balaban J connectivity index is 0.000000151. The molecule has 0 saturated heterocycles. The molecule has 112 heavy (non-hydrogen) atoms. The fourth-order valence-electron chi connectivity index (χ4n) is 19.4. The Hall–Kier alpha value is -7.48. The van der Waals surface area contributed by atoms with Crippen molar-refractivity contribution in [3.05, 3.63) is 444 Å². The largest absolute Gasteiger partial charge is 2.00 e. The van der Waals surface area contributed by atoms with Crippen LogP contribution >= 0.6 is 19.1 Å². The monoisotopic (exact) mass is 1780 g/mol. The van der Waals surface area contributed by atoms with E-state index in [4.69, 9.17) is 9.98 Å². The van der Waals surface area contributed by atoms with Crippen molar-refractivity contribution in [1.29, 1.82) is 0 Å². The van der Waals surface area contributed by atoms with Crippen LogP contribution in [0.4, 0.5) is 0 Å². The van der Waals surface area contributed by atoms with Crippen molar-refractivity contribution in [3.8, 4) is 0 Å². The predicted molar refractivity (Wildman–Crippen MR) is 455 cm³/mol. The second-order valence-electron chi connectivity index (χ2n) is 30.3. The summed E-state index contributed by atoms with van der Waals surface area (Å²) in [5, 5.41) is 0. The molecule has 4 fully saturated rings. The van der Waals surface area contributed by atoms with Crippen molar-refractivity contribution in [3.63, 3.8) is 0 Å². The first-order valence-electron chi connectivity index (χ1n) is 39.5. The number of amidine groups is 2. The minimum absolute atomic E-state index is 0. The number of aliphatic imine (C=N–C) groups is 2. The zero-order chi connectivity index (χ0) is 76.0. The maximum atomic E-state index is 5.01. The second kappa shape index (κ2) is 43.3. The van der Waals surface area contributed by atoms with E-state index in [1.165, 1.54) is 117 Å². The average Bonchev–Trinajstić information content (AvgIpc) is 1.58. The number of likely N-dealkylation sites (N-methyl/N-ethyl adjacent to an activating group) is 2. The Morgan fingerprint density at radius 3 is 0.527 bits per heavy atom. The number of rotatable bonds is 14. The summed E-state index contributed by atoms with van der Waals surface area (Å²) in [6, 6.07) is 135. The van der Waals surface area contributed by atoms with E-state index in [1.807, 2.05) is 0 Å². The van der Waals surface area contributed by atoms with Gasteiger partial charge in [0.25, 0.3) is 0 Å². The van der Waals surface area contributed by atoms with Crippen LogP contribution in [0.25, 0.3) is 0 Å². The minimum Gasteiger partial charge on any atom is -0.0622 e.